The molecule has 0 aliphatic carbocycles. The maximum absolute atomic E-state index is 14.3. The van der Waals surface area contributed by atoms with E-state index < -0.39 is 17.7 Å². The minimum Gasteiger partial charge on any atom is -0.508 e. The van der Waals surface area contributed by atoms with Crippen molar-refractivity contribution < 1.29 is 24.1 Å². The third-order valence-electron chi connectivity index (χ3n) is 6.91. The number of aromatic hydroxyl groups is 2. The van der Waals surface area contributed by atoms with Gasteiger partial charge in [-0.15, -0.1) is 0 Å². The Morgan fingerprint density at radius 2 is 1.86 bits per heavy atom. The molecule has 1 saturated heterocycles. The number of hydrogen-bond acceptors (Lipinski definition) is 5. The van der Waals surface area contributed by atoms with Crippen LogP contribution in [0.5, 0.6) is 23.0 Å². The van der Waals surface area contributed by atoms with Gasteiger partial charge in [-0.1, -0.05) is 25.1 Å². The average Bonchev–Trinajstić information content (AvgIpc) is 3.26. The number of fused-ring (bicyclic) bond motifs is 1. The fourth-order valence-electron chi connectivity index (χ4n) is 4.98. The predicted molar refractivity (Wildman–Crippen MR) is 134 cm³/mol. The Morgan fingerprint density at radius 1 is 1.06 bits per heavy atom. The second-order valence-electron chi connectivity index (χ2n) is 9.50. The van der Waals surface area contributed by atoms with Crippen LogP contribution in [0.3, 0.4) is 0 Å². The van der Waals surface area contributed by atoms with Crippen LogP contribution in [-0.4, -0.2) is 41.4 Å². The molecule has 0 aromatic heterocycles. The van der Waals surface area contributed by atoms with Gasteiger partial charge in [-0.3, -0.25) is 4.90 Å². The van der Waals surface area contributed by atoms with Crippen molar-refractivity contribution in [1.82, 2.24) is 4.90 Å². The minimum atomic E-state index is -0.686. The van der Waals surface area contributed by atoms with Gasteiger partial charge in [-0.2, -0.15) is 0 Å². The molecular weight excluding hydrogens is 445 g/mol. The third-order valence-corrected chi connectivity index (χ3v) is 6.91. The molecule has 0 radical (unpaired) electrons. The predicted octanol–water partition coefficient (Wildman–Crippen LogP) is 6.02. The molecule has 182 valence electrons. The van der Waals surface area contributed by atoms with Gasteiger partial charge in [0.15, 0.2) is 11.6 Å². The highest BCUT2D eigenvalue weighted by Gasteiger charge is 2.30. The molecule has 0 amide bonds. The van der Waals surface area contributed by atoms with Crippen LogP contribution in [0.15, 0.2) is 60.7 Å². The van der Waals surface area contributed by atoms with Crippen molar-refractivity contribution in [1.29, 1.82) is 0 Å². The van der Waals surface area contributed by atoms with Crippen LogP contribution in [0, 0.1) is 11.7 Å². The molecule has 0 saturated carbocycles. The lowest BCUT2D eigenvalue weighted by molar-refractivity contribution is 0.233. The van der Waals surface area contributed by atoms with Crippen molar-refractivity contribution in [2.75, 3.05) is 26.2 Å². The van der Waals surface area contributed by atoms with E-state index in [1.807, 2.05) is 31.2 Å². The molecule has 1 fully saturated rings. The van der Waals surface area contributed by atoms with E-state index in [0.29, 0.717) is 17.9 Å². The second-order valence-corrected chi connectivity index (χ2v) is 9.50. The lowest BCUT2D eigenvalue weighted by atomic mass is 9.86. The highest BCUT2D eigenvalue weighted by Crippen LogP contribution is 2.47. The summed E-state index contributed by atoms with van der Waals surface area (Å²) in [5, 5.41) is 19.7. The molecule has 2 heterocycles. The van der Waals surface area contributed by atoms with Gasteiger partial charge >= 0.3 is 0 Å². The van der Waals surface area contributed by atoms with Crippen molar-refractivity contribution in [3.63, 3.8) is 0 Å². The van der Waals surface area contributed by atoms with E-state index in [-0.39, 0.29) is 5.75 Å². The Labute approximate surface area is 205 Å². The summed E-state index contributed by atoms with van der Waals surface area (Å²) in [6, 6.07) is 17.1. The quantitative estimate of drug-likeness (QED) is 0.456. The summed E-state index contributed by atoms with van der Waals surface area (Å²) in [6.07, 6.45) is 0.727. The summed E-state index contributed by atoms with van der Waals surface area (Å²) in [5.74, 6) is 1.14. The normalized spacial score (nSPS) is 20.0. The Balaban J connectivity index is 1.41. The van der Waals surface area contributed by atoms with Crippen molar-refractivity contribution >= 4 is 11.1 Å². The van der Waals surface area contributed by atoms with Crippen LogP contribution >= 0.6 is 0 Å². The summed E-state index contributed by atoms with van der Waals surface area (Å²) in [7, 11) is 0. The molecule has 5 rings (SSSR count). The lowest BCUT2D eigenvalue weighted by Gasteiger charge is -2.31. The van der Waals surface area contributed by atoms with Crippen LogP contribution in [0.25, 0.3) is 11.1 Å². The summed E-state index contributed by atoms with van der Waals surface area (Å²) in [6.45, 7) is 8.05. The summed E-state index contributed by atoms with van der Waals surface area (Å²) < 4.78 is 26.6. The maximum Gasteiger partial charge on any atom is 0.165 e. The van der Waals surface area contributed by atoms with Crippen LogP contribution in [-0.2, 0) is 0 Å². The maximum atomic E-state index is 14.3. The Kier molecular flexibility index (Phi) is 6.39. The van der Waals surface area contributed by atoms with E-state index in [0.717, 1.165) is 53.6 Å². The Hall–Kier alpha value is -3.51. The number of hydrogen-bond donors (Lipinski definition) is 2. The molecule has 2 N–H and O–H groups in total. The second kappa shape index (κ2) is 9.62. The van der Waals surface area contributed by atoms with Crippen LogP contribution in [0.2, 0.25) is 0 Å². The molecule has 3 aromatic carbocycles. The van der Waals surface area contributed by atoms with Crippen molar-refractivity contribution in [3.8, 4) is 23.0 Å². The molecular formula is C29H30FNO4. The van der Waals surface area contributed by atoms with Gasteiger partial charge in [0, 0.05) is 30.3 Å². The molecule has 3 aromatic rings. The number of rotatable bonds is 6. The van der Waals surface area contributed by atoms with Gasteiger partial charge in [0.1, 0.15) is 30.0 Å². The first kappa shape index (κ1) is 23.2. The van der Waals surface area contributed by atoms with Gasteiger partial charge in [0.25, 0.3) is 0 Å². The van der Waals surface area contributed by atoms with Crippen molar-refractivity contribution in [2.45, 2.75) is 26.4 Å². The Bertz CT molecular complexity index is 1250. The number of ether oxygens (including phenoxy) is 2. The monoisotopic (exact) mass is 475 g/mol. The van der Waals surface area contributed by atoms with Crippen molar-refractivity contribution in [2.24, 2.45) is 5.92 Å². The molecule has 2 aliphatic rings. The van der Waals surface area contributed by atoms with Crippen LogP contribution in [0.1, 0.15) is 43.1 Å². The zero-order valence-electron chi connectivity index (χ0n) is 20.0. The number of benzene rings is 3. The number of halogens is 1. The van der Waals surface area contributed by atoms with Gasteiger partial charge in [-0.05, 0) is 78.9 Å². The standard InChI is InChI=1S/C29H30FNO4/c1-18-11-12-31(17-18)13-14-34-23-7-3-20(4-8-23)29-28(21-5-10-26(33)25(30)15-21)19(2)24-9-6-22(32)16-27(24)35-29/h3-10,15-16,18,29,32-33H,11-14,17H2,1-2H3/t18-,29-/m1/s1. The van der Waals surface area contributed by atoms with E-state index in [2.05, 4.69) is 11.8 Å². The zero-order valence-corrected chi connectivity index (χ0v) is 20.0. The van der Waals surface area contributed by atoms with Gasteiger partial charge in [0.2, 0.25) is 0 Å². The third kappa shape index (κ3) is 4.84. The van der Waals surface area contributed by atoms with E-state index in [1.165, 1.54) is 18.6 Å². The van der Waals surface area contributed by atoms with Gasteiger partial charge < -0.3 is 19.7 Å². The molecule has 0 spiro atoms. The molecule has 35 heavy (non-hydrogen) atoms. The number of nitrogens with zero attached hydrogens (tertiary/aromatic N) is 1. The first-order chi connectivity index (χ1) is 16.9. The van der Waals surface area contributed by atoms with Gasteiger partial charge in [-0.25, -0.2) is 4.39 Å². The summed E-state index contributed by atoms with van der Waals surface area (Å²) >= 11 is 0. The first-order valence-corrected chi connectivity index (χ1v) is 12.0. The fourth-order valence-corrected chi connectivity index (χ4v) is 4.98. The Morgan fingerprint density at radius 3 is 2.57 bits per heavy atom. The number of allylic oxidation sites excluding steroid dienone is 1. The lowest BCUT2D eigenvalue weighted by Crippen LogP contribution is -2.25. The largest absolute Gasteiger partial charge is 0.508 e. The molecule has 2 atom stereocenters. The SMILES string of the molecule is CC1=C(c2ccc(O)c(F)c2)[C@@H](c2ccc(OCCN3CC[C@@H](C)C3)cc2)Oc2cc(O)ccc21. The zero-order chi connectivity index (χ0) is 24.5. The number of phenols is 2. The molecule has 2 aliphatic heterocycles. The number of phenolic OH excluding ortho intramolecular Hbond substituents is 2. The van der Waals surface area contributed by atoms with Crippen LogP contribution in [0.4, 0.5) is 4.39 Å². The van der Waals surface area contributed by atoms with Crippen LogP contribution < -0.4 is 9.47 Å². The van der Waals surface area contributed by atoms with Gasteiger partial charge in [0.05, 0.1) is 0 Å². The fraction of sp³-hybridized carbons (Fsp3) is 0.310. The molecule has 5 nitrogen and oxygen atoms in total. The van der Waals surface area contributed by atoms with Crippen molar-refractivity contribution in [3.05, 3.63) is 83.2 Å². The topological polar surface area (TPSA) is 62.2 Å². The molecule has 6 heteroatoms. The minimum absolute atomic E-state index is 0.116. The smallest absolute Gasteiger partial charge is 0.165 e. The van der Waals surface area contributed by atoms with E-state index in [4.69, 9.17) is 9.47 Å². The van der Waals surface area contributed by atoms with E-state index in [1.54, 1.807) is 24.3 Å². The van der Waals surface area contributed by atoms with E-state index >= 15 is 0 Å². The number of likely N-dealkylation sites (tertiary alicyclic amines) is 1. The summed E-state index contributed by atoms with van der Waals surface area (Å²) in [4.78, 5) is 2.43. The molecule has 0 unspecified atom stereocenters. The average molecular weight is 476 g/mol. The summed E-state index contributed by atoms with van der Waals surface area (Å²) in [5.41, 5.74) is 4.06. The highest BCUT2D eigenvalue weighted by atomic mass is 19.1. The highest BCUT2D eigenvalue weighted by molar-refractivity contribution is 5.95. The molecule has 0 bridgehead atoms. The van der Waals surface area contributed by atoms with E-state index in [9.17, 15) is 14.6 Å². The first-order valence-electron chi connectivity index (χ1n) is 12.0.